The number of piperidine rings is 1. The Hall–Kier alpha value is -2.97. The average Bonchev–Trinajstić information content (AvgIpc) is 2.83. The lowest BCUT2D eigenvalue weighted by Gasteiger charge is -2.48. The molecule has 4 rings (SSSR count). The first kappa shape index (κ1) is 23.2. The highest BCUT2D eigenvalue weighted by Gasteiger charge is 2.64. The largest absolute Gasteiger partial charge is 0.460 e. The number of fused-ring (bicyclic) bond motifs is 1. The first-order chi connectivity index (χ1) is 15.8. The Bertz CT molecular complexity index is 1160. The van der Waals surface area contributed by atoms with E-state index in [0.717, 1.165) is 15.4 Å². The summed E-state index contributed by atoms with van der Waals surface area (Å²) in [6.45, 7) is 1.83. The van der Waals surface area contributed by atoms with Gasteiger partial charge in [-0.15, -0.1) is 0 Å². The van der Waals surface area contributed by atoms with Crippen LogP contribution in [-0.4, -0.2) is 44.4 Å². The topological polar surface area (TPSA) is 90.0 Å². The summed E-state index contributed by atoms with van der Waals surface area (Å²) in [5.74, 6) is -1.98. The van der Waals surface area contributed by atoms with Gasteiger partial charge < -0.3 is 9.47 Å². The molecule has 8 heteroatoms. The minimum atomic E-state index is -4.15. The highest BCUT2D eigenvalue weighted by molar-refractivity contribution is 7.89. The Labute approximate surface area is 194 Å². The molecular formula is C25H27NO6S. The van der Waals surface area contributed by atoms with E-state index in [1.54, 1.807) is 18.2 Å². The SMILES string of the molecule is COC1C=CC[C@H]2CCN(S(=O)(=O)c3ccc(C)cc3)C(=O)[C@@]12C(=O)OCc1ccccc1. The molecule has 0 radical (unpaired) electrons. The van der Waals surface area contributed by atoms with Crippen LogP contribution in [0.4, 0.5) is 0 Å². The van der Waals surface area contributed by atoms with Crippen LogP contribution in [0.2, 0.25) is 0 Å². The number of amides is 1. The van der Waals surface area contributed by atoms with Gasteiger partial charge in [0, 0.05) is 13.7 Å². The quantitative estimate of drug-likeness (QED) is 0.367. The fourth-order valence-corrected chi connectivity index (χ4v) is 6.15. The standard InChI is InChI=1S/C25H27NO6S/c1-18-11-13-21(14-12-18)33(29,30)26-16-15-20-9-6-10-22(31-2)25(20,23(26)27)24(28)32-17-19-7-4-3-5-8-19/h3-8,10-14,20,22H,9,15-17H2,1-2H3/t20-,22?,25-/m0/s1. The number of aryl methyl sites for hydroxylation is 1. The minimum absolute atomic E-state index is 0.00228. The lowest BCUT2D eigenvalue weighted by atomic mass is 9.63. The second kappa shape index (κ2) is 9.11. The van der Waals surface area contributed by atoms with Gasteiger partial charge in [0.15, 0.2) is 5.41 Å². The Morgan fingerprint density at radius 3 is 2.48 bits per heavy atom. The summed E-state index contributed by atoms with van der Waals surface area (Å²) in [7, 11) is -2.75. The van der Waals surface area contributed by atoms with Crippen LogP contribution in [-0.2, 0) is 35.7 Å². The molecule has 2 aliphatic rings. The molecule has 174 valence electrons. The van der Waals surface area contributed by atoms with Gasteiger partial charge >= 0.3 is 5.97 Å². The number of methoxy groups -OCH3 is 1. The Kier molecular flexibility index (Phi) is 6.41. The van der Waals surface area contributed by atoms with Crippen LogP contribution in [0, 0.1) is 18.3 Å². The second-order valence-electron chi connectivity index (χ2n) is 8.43. The highest BCUT2D eigenvalue weighted by Crippen LogP contribution is 2.48. The molecule has 3 atom stereocenters. The summed E-state index contributed by atoms with van der Waals surface area (Å²) in [6.07, 6.45) is 3.40. The van der Waals surface area contributed by atoms with Gasteiger partial charge in [-0.05, 0) is 43.4 Å². The van der Waals surface area contributed by atoms with Gasteiger partial charge in [0.05, 0.1) is 4.90 Å². The minimum Gasteiger partial charge on any atom is -0.460 e. The lowest BCUT2D eigenvalue weighted by Crippen LogP contribution is -2.64. The maximum Gasteiger partial charge on any atom is 0.325 e. The molecule has 0 bridgehead atoms. The van der Waals surface area contributed by atoms with Crippen LogP contribution in [0.1, 0.15) is 24.0 Å². The van der Waals surface area contributed by atoms with E-state index < -0.39 is 39.3 Å². The van der Waals surface area contributed by atoms with Crippen molar-refractivity contribution in [2.45, 2.75) is 37.4 Å². The van der Waals surface area contributed by atoms with E-state index in [4.69, 9.17) is 9.47 Å². The summed E-state index contributed by atoms with van der Waals surface area (Å²) in [5.41, 5.74) is -0.0998. The summed E-state index contributed by atoms with van der Waals surface area (Å²) in [6, 6.07) is 15.4. The zero-order valence-electron chi connectivity index (χ0n) is 18.6. The predicted molar refractivity (Wildman–Crippen MR) is 121 cm³/mol. The molecule has 1 aliphatic carbocycles. The third kappa shape index (κ3) is 3.98. The summed E-state index contributed by atoms with van der Waals surface area (Å²) in [5, 5.41) is 0. The number of hydrogen-bond donors (Lipinski definition) is 0. The fourth-order valence-electron chi connectivity index (χ4n) is 4.70. The van der Waals surface area contributed by atoms with Crippen molar-refractivity contribution < 1.29 is 27.5 Å². The molecule has 33 heavy (non-hydrogen) atoms. The monoisotopic (exact) mass is 469 g/mol. The number of allylic oxidation sites excluding steroid dienone is 1. The Morgan fingerprint density at radius 1 is 1.12 bits per heavy atom. The number of carbonyl (C=O) groups is 2. The number of esters is 1. The predicted octanol–water partition coefficient (Wildman–Crippen LogP) is 3.24. The number of nitrogens with zero attached hydrogens (tertiary/aromatic N) is 1. The van der Waals surface area contributed by atoms with Crippen molar-refractivity contribution >= 4 is 21.9 Å². The third-order valence-corrected chi connectivity index (χ3v) is 8.30. The van der Waals surface area contributed by atoms with Gasteiger partial charge in [-0.25, -0.2) is 12.7 Å². The molecule has 2 aromatic rings. The molecule has 1 unspecified atom stereocenters. The van der Waals surface area contributed by atoms with E-state index in [-0.39, 0.29) is 18.0 Å². The molecule has 1 saturated heterocycles. The number of sulfonamides is 1. The summed E-state index contributed by atoms with van der Waals surface area (Å²) in [4.78, 5) is 27.5. The zero-order chi connectivity index (χ0) is 23.6. The summed E-state index contributed by atoms with van der Waals surface area (Å²) >= 11 is 0. The van der Waals surface area contributed by atoms with Gasteiger partial charge in [0.25, 0.3) is 15.9 Å². The lowest BCUT2D eigenvalue weighted by molar-refractivity contribution is -0.183. The van der Waals surface area contributed by atoms with Crippen molar-refractivity contribution in [1.82, 2.24) is 4.31 Å². The number of hydrogen-bond acceptors (Lipinski definition) is 6. The van der Waals surface area contributed by atoms with E-state index in [9.17, 15) is 18.0 Å². The molecule has 0 aromatic heterocycles. The highest BCUT2D eigenvalue weighted by atomic mass is 32.2. The summed E-state index contributed by atoms with van der Waals surface area (Å²) < 4.78 is 38.8. The number of benzene rings is 2. The molecule has 0 N–H and O–H groups in total. The molecule has 0 saturated carbocycles. The number of carbonyl (C=O) groups excluding carboxylic acids is 2. The maximum atomic E-state index is 13.9. The van der Waals surface area contributed by atoms with Gasteiger partial charge in [-0.1, -0.05) is 60.2 Å². The molecule has 2 aromatic carbocycles. The van der Waals surface area contributed by atoms with Crippen molar-refractivity contribution in [3.63, 3.8) is 0 Å². The Balaban J connectivity index is 1.72. The number of rotatable bonds is 6. The van der Waals surface area contributed by atoms with Crippen molar-refractivity contribution in [3.05, 3.63) is 77.9 Å². The normalized spacial score (nSPS) is 24.9. The smallest absolute Gasteiger partial charge is 0.325 e. The molecule has 1 heterocycles. The van der Waals surface area contributed by atoms with Gasteiger partial charge in [0.1, 0.15) is 12.7 Å². The van der Waals surface area contributed by atoms with Crippen molar-refractivity contribution in [1.29, 1.82) is 0 Å². The fraction of sp³-hybridized carbons (Fsp3) is 0.360. The van der Waals surface area contributed by atoms with Crippen LogP contribution in [0.25, 0.3) is 0 Å². The molecule has 7 nitrogen and oxygen atoms in total. The van der Waals surface area contributed by atoms with Crippen molar-refractivity contribution in [2.75, 3.05) is 13.7 Å². The maximum absolute atomic E-state index is 13.9. The van der Waals surface area contributed by atoms with E-state index in [0.29, 0.717) is 12.8 Å². The van der Waals surface area contributed by atoms with E-state index >= 15 is 0 Å². The van der Waals surface area contributed by atoms with Gasteiger partial charge in [-0.2, -0.15) is 0 Å². The van der Waals surface area contributed by atoms with E-state index in [1.807, 2.05) is 43.3 Å². The zero-order valence-corrected chi connectivity index (χ0v) is 19.5. The van der Waals surface area contributed by atoms with Crippen molar-refractivity contribution in [3.8, 4) is 0 Å². The van der Waals surface area contributed by atoms with Gasteiger partial charge in [-0.3, -0.25) is 9.59 Å². The average molecular weight is 470 g/mol. The first-order valence-electron chi connectivity index (χ1n) is 10.9. The first-order valence-corrected chi connectivity index (χ1v) is 12.3. The number of ether oxygens (including phenoxy) is 2. The van der Waals surface area contributed by atoms with Crippen molar-refractivity contribution in [2.24, 2.45) is 11.3 Å². The molecule has 1 aliphatic heterocycles. The molecular weight excluding hydrogens is 442 g/mol. The molecule has 0 spiro atoms. The van der Waals surface area contributed by atoms with Crippen LogP contribution in [0.15, 0.2) is 71.6 Å². The van der Waals surface area contributed by atoms with Crippen LogP contribution in [0.5, 0.6) is 0 Å². The Morgan fingerprint density at radius 2 is 1.82 bits per heavy atom. The van der Waals surface area contributed by atoms with Crippen LogP contribution in [0.3, 0.4) is 0 Å². The second-order valence-corrected chi connectivity index (χ2v) is 10.3. The van der Waals surface area contributed by atoms with E-state index in [2.05, 4.69) is 0 Å². The molecule has 1 fully saturated rings. The van der Waals surface area contributed by atoms with Crippen LogP contribution < -0.4 is 0 Å². The van der Waals surface area contributed by atoms with Gasteiger partial charge in [0.2, 0.25) is 0 Å². The van der Waals surface area contributed by atoms with E-state index in [1.165, 1.54) is 19.2 Å². The third-order valence-electron chi connectivity index (χ3n) is 6.50. The van der Waals surface area contributed by atoms with Crippen LogP contribution >= 0.6 is 0 Å². The molecule has 1 amide bonds.